The number of hydrogen-bond acceptors (Lipinski definition) is 5. The van der Waals surface area contributed by atoms with Crippen molar-refractivity contribution < 1.29 is 47.6 Å². The third kappa shape index (κ3) is 3.21. The quantitative estimate of drug-likeness (QED) is 0.352. The smallest absolute Gasteiger partial charge is 0.744 e. The van der Waals surface area contributed by atoms with Gasteiger partial charge in [0.05, 0.1) is 10.1 Å². The van der Waals surface area contributed by atoms with E-state index >= 15 is 0 Å². The van der Waals surface area contributed by atoms with Crippen LogP contribution in [0.5, 0.6) is 0 Å². The van der Waals surface area contributed by atoms with Gasteiger partial charge in [0.1, 0.15) is 15.8 Å². The fourth-order valence-electron chi connectivity index (χ4n) is 1.16. The zero-order valence-electron chi connectivity index (χ0n) is 8.75. The molecule has 7 nitrogen and oxygen atoms in total. The number of aromatic amines is 2. The molecule has 0 atom stereocenters. The predicted molar refractivity (Wildman–Crippen MR) is 53.3 cm³/mol. The molecule has 0 aliphatic heterocycles. The third-order valence-corrected chi connectivity index (χ3v) is 3.01. The average molecular weight is 281 g/mol. The van der Waals surface area contributed by atoms with E-state index in [0.29, 0.717) is 10.5 Å². The van der Waals surface area contributed by atoms with Crippen molar-refractivity contribution in [2.24, 2.45) is 0 Å². The molecule has 0 aliphatic carbocycles. The van der Waals surface area contributed by atoms with Gasteiger partial charge in [0, 0.05) is 12.2 Å². The molecule has 1 aromatic carbocycles. The molecule has 0 saturated heterocycles. The molecule has 17 heavy (non-hydrogen) atoms. The van der Waals surface area contributed by atoms with Crippen molar-refractivity contribution in [2.45, 2.75) is 4.90 Å². The standard InChI is InChI=1S/C7H6N4O3S2.Na/c12-16(13,14)6-3-1-5(2-4-6)11-7(15)8-9-10-11;/h1-4H,(H,8,10,15)(H,12,13,14);/q;+1. The van der Waals surface area contributed by atoms with Crippen LogP contribution < -0.4 is 34.7 Å². The van der Waals surface area contributed by atoms with Crippen molar-refractivity contribution in [1.29, 1.82) is 0 Å². The SMILES string of the molecule is O=S(=O)([O-])c1ccc(-n2[nH]n[nH+]c2=S)cc1.[Na+]. The normalized spacial score (nSPS) is 10.9. The summed E-state index contributed by atoms with van der Waals surface area (Å²) >= 11 is 4.91. The van der Waals surface area contributed by atoms with Crippen LogP contribution in [0, 0.1) is 4.77 Å². The summed E-state index contributed by atoms with van der Waals surface area (Å²) in [4.78, 5) is -0.286. The minimum atomic E-state index is -4.42. The Hall–Kier alpha value is -0.580. The van der Waals surface area contributed by atoms with E-state index < -0.39 is 10.1 Å². The van der Waals surface area contributed by atoms with Gasteiger partial charge in [-0.15, -0.1) is 5.10 Å². The maximum Gasteiger partial charge on any atom is 1.00 e. The molecular weight excluding hydrogens is 275 g/mol. The number of rotatable bonds is 2. The van der Waals surface area contributed by atoms with Crippen LogP contribution in [-0.2, 0) is 10.1 Å². The molecule has 0 amide bonds. The molecule has 0 aliphatic rings. The number of benzene rings is 1. The van der Waals surface area contributed by atoms with Crippen LogP contribution in [-0.4, -0.2) is 28.1 Å². The summed E-state index contributed by atoms with van der Waals surface area (Å²) < 4.78 is 33.8. The minimum Gasteiger partial charge on any atom is -0.744 e. The summed E-state index contributed by atoms with van der Waals surface area (Å²) in [6, 6.07) is 5.32. The van der Waals surface area contributed by atoms with E-state index in [0.717, 1.165) is 0 Å². The van der Waals surface area contributed by atoms with Crippen molar-refractivity contribution in [2.75, 3.05) is 0 Å². The van der Waals surface area contributed by atoms with Crippen molar-refractivity contribution in [3.63, 3.8) is 0 Å². The van der Waals surface area contributed by atoms with Gasteiger partial charge in [0.2, 0.25) is 0 Å². The van der Waals surface area contributed by atoms with E-state index in [4.69, 9.17) is 12.2 Å². The van der Waals surface area contributed by atoms with Gasteiger partial charge in [-0.1, -0.05) is 9.90 Å². The molecule has 1 heterocycles. The van der Waals surface area contributed by atoms with E-state index in [9.17, 15) is 13.0 Å². The first-order valence-electron chi connectivity index (χ1n) is 4.10. The number of hydrogen-bond donors (Lipinski definition) is 1. The zero-order chi connectivity index (χ0) is 11.8. The fraction of sp³-hybridized carbons (Fsp3) is 0. The molecule has 0 unspecified atom stereocenters. The third-order valence-electron chi connectivity index (χ3n) is 1.89. The second kappa shape index (κ2) is 5.38. The molecule has 0 fully saturated rings. The van der Waals surface area contributed by atoms with Crippen LogP contribution in [0.1, 0.15) is 0 Å². The first-order chi connectivity index (χ1) is 7.48. The Bertz CT molecular complexity index is 661. The average Bonchev–Trinajstić information content (AvgIpc) is 2.63. The second-order valence-electron chi connectivity index (χ2n) is 2.91. The van der Waals surface area contributed by atoms with Gasteiger partial charge in [-0.2, -0.15) is 0 Å². The van der Waals surface area contributed by atoms with Crippen LogP contribution in [0.3, 0.4) is 0 Å². The number of nitrogens with one attached hydrogen (secondary N) is 2. The Kier molecular flexibility index (Phi) is 4.58. The molecule has 0 bridgehead atoms. The molecule has 2 N–H and O–H groups in total. The van der Waals surface area contributed by atoms with E-state index in [-0.39, 0.29) is 34.5 Å². The number of tetrazole rings is 1. The van der Waals surface area contributed by atoms with Gasteiger partial charge in [-0.3, -0.25) is 0 Å². The Balaban J connectivity index is 0.00000144. The molecule has 0 radical (unpaired) electrons. The molecule has 0 saturated carbocycles. The molecule has 0 spiro atoms. The summed E-state index contributed by atoms with van der Waals surface area (Å²) in [6.07, 6.45) is 0. The van der Waals surface area contributed by atoms with Gasteiger partial charge in [-0.05, 0) is 24.3 Å². The van der Waals surface area contributed by atoms with Crippen LogP contribution in [0.2, 0.25) is 0 Å². The van der Waals surface area contributed by atoms with Crippen LogP contribution in [0.25, 0.3) is 5.69 Å². The molecule has 2 rings (SSSR count). The largest absolute Gasteiger partial charge is 1.00 e. The van der Waals surface area contributed by atoms with Gasteiger partial charge < -0.3 is 4.55 Å². The number of H-pyrrole nitrogens is 2. The molecule has 84 valence electrons. The second-order valence-corrected chi connectivity index (χ2v) is 4.68. The summed E-state index contributed by atoms with van der Waals surface area (Å²) in [5.74, 6) is 0. The van der Waals surface area contributed by atoms with Gasteiger partial charge >= 0.3 is 34.3 Å². The summed E-state index contributed by atoms with van der Waals surface area (Å²) in [7, 11) is -4.42. The van der Waals surface area contributed by atoms with E-state index in [1.54, 1.807) is 0 Å². The first-order valence-corrected chi connectivity index (χ1v) is 5.91. The van der Waals surface area contributed by atoms with E-state index in [1.165, 1.54) is 28.9 Å². The fourth-order valence-corrected chi connectivity index (χ4v) is 1.82. The maximum atomic E-state index is 10.7. The van der Waals surface area contributed by atoms with Crippen LogP contribution in [0.15, 0.2) is 29.2 Å². The predicted octanol–water partition coefficient (Wildman–Crippen LogP) is -3.35. The zero-order valence-corrected chi connectivity index (χ0v) is 12.4. The van der Waals surface area contributed by atoms with Crippen molar-refractivity contribution in [1.82, 2.24) is 15.1 Å². The van der Waals surface area contributed by atoms with Gasteiger partial charge in [0.15, 0.2) is 0 Å². The first kappa shape index (κ1) is 14.5. The van der Waals surface area contributed by atoms with Crippen molar-refractivity contribution >= 4 is 22.3 Å². The Morgan fingerprint density at radius 2 is 1.94 bits per heavy atom. The minimum absolute atomic E-state index is 0. The van der Waals surface area contributed by atoms with E-state index in [1.807, 2.05) is 0 Å². The Morgan fingerprint density at radius 1 is 1.35 bits per heavy atom. The summed E-state index contributed by atoms with van der Waals surface area (Å²) in [6.45, 7) is 0. The van der Waals surface area contributed by atoms with Crippen LogP contribution >= 0.6 is 12.2 Å². The number of aromatic nitrogens is 4. The van der Waals surface area contributed by atoms with Crippen LogP contribution in [0.4, 0.5) is 0 Å². The molecule has 1 aromatic heterocycles. The Labute approximate surface area is 124 Å². The summed E-state index contributed by atoms with van der Waals surface area (Å²) in [5, 5.41) is 8.66. The topological polar surface area (TPSA) is 105 Å². The molecule has 2 aromatic rings. The monoisotopic (exact) mass is 281 g/mol. The molecular formula is C7H6N4NaO3S2+. The molecule has 10 heteroatoms. The van der Waals surface area contributed by atoms with Crippen molar-refractivity contribution in [3.8, 4) is 5.69 Å². The van der Waals surface area contributed by atoms with E-state index in [2.05, 4.69) is 15.5 Å². The summed E-state index contributed by atoms with van der Waals surface area (Å²) in [5.41, 5.74) is 0.575. The van der Waals surface area contributed by atoms with Gasteiger partial charge in [-0.25, -0.2) is 8.42 Å². The Morgan fingerprint density at radius 3 is 2.35 bits per heavy atom. The maximum absolute atomic E-state index is 10.7. The van der Waals surface area contributed by atoms with Crippen molar-refractivity contribution in [3.05, 3.63) is 29.0 Å². The number of nitrogens with zero attached hydrogens (tertiary/aromatic N) is 2. The van der Waals surface area contributed by atoms with Gasteiger partial charge in [0.25, 0.3) is 0 Å².